The minimum Gasteiger partial charge on any atom is -0.376 e. The van der Waals surface area contributed by atoms with Crippen LogP contribution in [0.3, 0.4) is 0 Å². The van der Waals surface area contributed by atoms with E-state index in [1.54, 1.807) is 12.4 Å². The summed E-state index contributed by atoms with van der Waals surface area (Å²) in [5.41, 5.74) is 0. The van der Waals surface area contributed by atoms with Crippen LogP contribution in [0.15, 0.2) is 24.7 Å². The Balaban J connectivity index is 1.69. The van der Waals surface area contributed by atoms with Gasteiger partial charge in [-0.3, -0.25) is 0 Å². The predicted molar refractivity (Wildman–Crippen MR) is 98.6 cm³/mol. The van der Waals surface area contributed by atoms with E-state index in [4.69, 9.17) is 4.74 Å². The van der Waals surface area contributed by atoms with E-state index in [1.165, 1.54) is 0 Å². The topological polar surface area (TPSA) is 68.1 Å². The average molecular weight is 344 g/mol. The molecule has 0 radical (unpaired) electrons. The fourth-order valence-electron chi connectivity index (χ4n) is 3.25. The quantitative estimate of drug-likeness (QED) is 0.868. The van der Waals surface area contributed by atoms with Crippen LogP contribution in [-0.2, 0) is 18.3 Å². The maximum Gasteiger partial charge on any atom is 0.227 e. The highest BCUT2D eigenvalue weighted by Gasteiger charge is 2.28. The molecule has 7 heteroatoms. The van der Waals surface area contributed by atoms with E-state index in [0.717, 1.165) is 31.1 Å². The van der Waals surface area contributed by atoms with Gasteiger partial charge < -0.3 is 19.5 Å². The Morgan fingerprint density at radius 2 is 2.20 bits per heavy atom. The predicted octanol–water partition coefficient (Wildman–Crippen LogP) is 2.46. The van der Waals surface area contributed by atoms with E-state index < -0.39 is 0 Å². The van der Waals surface area contributed by atoms with E-state index in [2.05, 4.69) is 34.1 Å². The van der Waals surface area contributed by atoms with Gasteiger partial charge in [0.25, 0.3) is 0 Å². The van der Waals surface area contributed by atoms with Gasteiger partial charge in [0.2, 0.25) is 5.95 Å². The van der Waals surface area contributed by atoms with Crippen molar-refractivity contribution in [1.29, 1.82) is 0 Å². The SMILES string of the molecule is CC(C)[C@H]1OCCC[C@@H]1Nc1ccnc(N(C)Cc2nccn2C)n1. The standard InChI is InChI=1S/C18H28N6O/c1-13(2)17-14(6-5-11-25-17)21-15-7-8-20-18(22-15)24(4)12-16-19-9-10-23(16)3/h7-10,13-14,17H,5-6,11-12H2,1-4H3,(H,20,21,22)/t14-,17+/m0/s1. The van der Waals surface area contributed by atoms with Crippen molar-refractivity contribution in [2.75, 3.05) is 23.9 Å². The molecule has 2 aromatic rings. The number of rotatable bonds is 6. The van der Waals surface area contributed by atoms with E-state index >= 15 is 0 Å². The van der Waals surface area contributed by atoms with Crippen molar-refractivity contribution in [2.24, 2.45) is 13.0 Å². The van der Waals surface area contributed by atoms with Crippen LogP contribution < -0.4 is 10.2 Å². The molecular formula is C18H28N6O. The summed E-state index contributed by atoms with van der Waals surface area (Å²) in [6, 6.07) is 2.21. The van der Waals surface area contributed by atoms with E-state index in [-0.39, 0.29) is 12.1 Å². The van der Waals surface area contributed by atoms with Crippen LogP contribution in [-0.4, -0.2) is 45.3 Å². The maximum atomic E-state index is 5.96. The molecule has 0 unspecified atom stereocenters. The molecule has 2 atom stereocenters. The van der Waals surface area contributed by atoms with Crippen LogP contribution in [0, 0.1) is 5.92 Å². The molecule has 3 heterocycles. The van der Waals surface area contributed by atoms with E-state index in [0.29, 0.717) is 18.4 Å². The lowest BCUT2D eigenvalue weighted by atomic mass is 9.94. The van der Waals surface area contributed by atoms with Crippen molar-refractivity contribution in [2.45, 2.75) is 45.4 Å². The Hall–Kier alpha value is -2.15. The molecule has 0 bridgehead atoms. The first-order valence-corrected chi connectivity index (χ1v) is 8.93. The molecule has 1 aliphatic heterocycles. The first-order chi connectivity index (χ1) is 12.0. The monoisotopic (exact) mass is 344 g/mol. The lowest BCUT2D eigenvalue weighted by Gasteiger charge is -2.35. The summed E-state index contributed by atoms with van der Waals surface area (Å²) in [5.74, 6) is 2.99. The lowest BCUT2D eigenvalue weighted by molar-refractivity contribution is -0.0203. The normalized spacial score (nSPS) is 20.7. The smallest absolute Gasteiger partial charge is 0.227 e. The molecule has 25 heavy (non-hydrogen) atoms. The Bertz CT molecular complexity index is 686. The summed E-state index contributed by atoms with van der Waals surface area (Å²) < 4.78 is 7.96. The number of anilines is 2. The fraction of sp³-hybridized carbons (Fsp3) is 0.611. The molecule has 7 nitrogen and oxygen atoms in total. The molecule has 0 aliphatic carbocycles. The molecule has 1 saturated heterocycles. The Kier molecular flexibility index (Phi) is 5.53. The minimum atomic E-state index is 0.220. The molecule has 0 saturated carbocycles. The van der Waals surface area contributed by atoms with Gasteiger partial charge in [-0.1, -0.05) is 13.8 Å². The third kappa shape index (κ3) is 4.28. The summed E-state index contributed by atoms with van der Waals surface area (Å²) in [7, 11) is 3.97. The van der Waals surface area contributed by atoms with Crippen molar-refractivity contribution in [3.8, 4) is 0 Å². The largest absolute Gasteiger partial charge is 0.376 e. The van der Waals surface area contributed by atoms with Gasteiger partial charge in [0, 0.05) is 39.3 Å². The second kappa shape index (κ2) is 7.82. The number of nitrogens with zero attached hydrogens (tertiary/aromatic N) is 5. The summed E-state index contributed by atoms with van der Waals surface area (Å²) in [6.07, 6.45) is 7.95. The highest BCUT2D eigenvalue weighted by molar-refractivity contribution is 5.42. The zero-order valence-corrected chi connectivity index (χ0v) is 15.5. The second-order valence-corrected chi connectivity index (χ2v) is 7.02. The van der Waals surface area contributed by atoms with Crippen molar-refractivity contribution >= 4 is 11.8 Å². The number of aromatic nitrogens is 4. The van der Waals surface area contributed by atoms with Crippen molar-refractivity contribution in [1.82, 2.24) is 19.5 Å². The van der Waals surface area contributed by atoms with Crippen LogP contribution in [0.4, 0.5) is 11.8 Å². The zero-order chi connectivity index (χ0) is 17.8. The Morgan fingerprint density at radius 3 is 2.92 bits per heavy atom. The molecule has 2 aromatic heterocycles. The maximum absolute atomic E-state index is 5.96. The van der Waals surface area contributed by atoms with Crippen LogP contribution >= 0.6 is 0 Å². The number of ether oxygens (including phenoxy) is 1. The lowest BCUT2D eigenvalue weighted by Crippen LogP contribution is -2.43. The van der Waals surface area contributed by atoms with Crippen molar-refractivity contribution in [3.63, 3.8) is 0 Å². The number of hydrogen-bond donors (Lipinski definition) is 1. The highest BCUT2D eigenvalue weighted by Crippen LogP contribution is 2.24. The van der Waals surface area contributed by atoms with Crippen LogP contribution in [0.1, 0.15) is 32.5 Å². The molecule has 3 rings (SSSR count). The van der Waals surface area contributed by atoms with Gasteiger partial charge in [-0.15, -0.1) is 0 Å². The number of imidazole rings is 1. The first-order valence-electron chi connectivity index (χ1n) is 8.93. The zero-order valence-electron chi connectivity index (χ0n) is 15.5. The highest BCUT2D eigenvalue weighted by atomic mass is 16.5. The summed E-state index contributed by atoms with van der Waals surface area (Å²) >= 11 is 0. The van der Waals surface area contributed by atoms with Gasteiger partial charge in [-0.2, -0.15) is 4.98 Å². The average Bonchev–Trinajstić information content (AvgIpc) is 3.00. The third-order valence-electron chi connectivity index (χ3n) is 4.64. The Labute approximate surface area is 149 Å². The van der Waals surface area contributed by atoms with E-state index in [9.17, 15) is 0 Å². The van der Waals surface area contributed by atoms with Gasteiger partial charge in [-0.05, 0) is 24.8 Å². The van der Waals surface area contributed by atoms with Crippen molar-refractivity contribution < 1.29 is 4.74 Å². The summed E-state index contributed by atoms with van der Waals surface area (Å²) in [4.78, 5) is 15.5. The van der Waals surface area contributed by atoms with Crippen LogP contribution in [0.25, 0.3) is 0 Å². The van der Waals surface area contributed by atoms with Crippen molar-refractivity contribution in [3.05, 3.63) is 30.5 Å². The van der Waals surface area contributed by atoms with E-state index in [1.807, 2.05) is 35.8 Å². The molecule has 0 amide bonds. The summed E-state index contributed by atoms with van der Waals surface area (Å²) in [6.45, 7) is 5.92. The van der Waals surface area contributed by atoms with Crippen LogP contribution in [0.5, 0.6) is 0 Å². The third-order valence-corrected chi connectivity index (χ3v) is 4.64. The summed E-state index contributed by atoms with van der Waals surface area (Å²) in [5, 5.41) is 3.55. The van der Waals surface area contributed by atoms with Gasteiger partial charge in [0.05, 0.1) is 18.7 Å². The molecule has 0 spiro atoms. The molecular weight excluding hydrogens is 316 g/mol. The Morgan fingerprint density at radius 1 is 1.36 bits per heavy atom. The fourth-order valence-corrected chi connectivity index (χ4v) is 3.25. The van der Waals surface area contributed by atoms with Gasteiger partial charge in [0.15, 0.2) is 0 Å². The number of aryl methyl sites for hydroxylation is 1. The number of nitrogens with one attached hydrogen (secondary N) is 1. The molecule has 136 valence electrons. The molecule has 1 aliphatic rings. The minimum absolute atomic E-state index is 0.220. The molecule has 1 N–H and O–H groups in total. The van der Waals surface area contributed by atoms with Gasteiger partial charge in [-0.25, -0.2) is 9.97 Å². The molecule has 1 fully saturated rings. The second-order valence-electron chi connectivity index (χ2n) is 7.02. The molecule has 0 aromatic carbocycles. The number of hydrogen-bond acceptors (Lipinski definition) is 6. The van der Waals surface area contributed by atoms with Gasteiger partial charge in [0.1, 0.15) is 11.6 Å². The first kappa shape index (κ1) is 17.7. The van der Waals surface area contributed by atoms with Gasteiger partial charge >= 0.3 is 0 Å². The van der Waals surface area contributed by atoms with Crippen LogP contribution in [0.2, 0.25) is 0 Å².